The summed E-state index contributed by atoms with van der Waals surface area (Å²) in [4.78, 5) is 32.3. The number of rotatable bonds is 6. The number of aromatic nitrogens is 3. The zero-order valence-corrected chi connectivity index (χ0v) is 19.3. The molecular weight excluding hydrogens is 437 g/mol. The Morgan fingerprint density at radius 1 is 1.12 bits per heavy atom. The summed E-state index contributed by atoms with van der Waals surface area (Å²) in [5, 5.41) is 8.03. The molecule has 0 spiro atoms. The Kier molecular flexibility index (Phi) is 6.27. The summed E-state index contributed by atoms with van der Waals surface area (Å²) in [6.45, 7) is 1.95. The van der Waals surface area contributed by atoms with E-state index in [1.807, 2.05) is 12.1 Å². The zero-order valence-electron chi connectivity index (χ0n) is 19.3. The molecule has 0 atom stereocenters. The van der Waals surface area contributed by atoms with Gasteiger partial charge in [0.2, 0.25) is 5.88 Å². The quantitative estimate of drug-likeness (QED) is 0.471. The molecule has 2 aromatic carbocycles. The summed E-state index contributed by atoms with van der Waals surface area (Å²) in [6, 6.07) is 14.8. The van der Waals surface area contributed by atoms with E-state index in [0.717, 1.165) is 5.56 Å². The highest BCUT2D eigenvalue weighted by atomic mass is 19.1. The number of benzene rings is 2. The Bertz CT molecular complexity index is 1380. The number of fused-ring (bicyclic) bond motifs is 1. The van der Waals surface area contributed by atoms with Gasteiger partial charge >= 0.3 is 0 Å². The van der Waals surface area contributed by atoms with Crippen LogP contribution < -0.4 is 10.1 Å². The van der Waals surface area contributed by atoms with Crippen molar-refractivity contribution in [1.29, 1.82) is 0 Å². The first kappa shape index (κ1) is 22.9. The van der Waals surface area contributed by atoms with E-state index in [1.165, 1.54) is 28.8 Å². The molecule has 4 rings (SSSR count). The average molecular weight is 461 g/mol. The maximum absolute atomic E-state index is 13.4. The van der Waals surface area contributed by atoms with Crippen molar-refractivity contribution in [2.75, 3.05) is 26.5 Å². The highest BCUT2D eigenvalue weighted by Crippen LogP contribution is 2.27. The van der Waals surface area contributed by atoms with Crippen molar-refractivity contribution in [1.82, 2.24) is 19.7 Å². The molecule has 0 aliphatic rings. The Morgan fingerprint density at radius 3 is 2.50 bits per heavy atom. The van der Waals surface area contributed by atoms with Crippen LogP contribution >= 0.6 is 0 Å². The number of nitrogens with zero attached hydrogens (tertiary/aromatic N) is 4. The third-order valence-electron chi connectivity index (χ3n) is 5.37. The van der Waals surface area contributed by atoms with Gasteiger partial charge in [0.25, 0.3) is 11.8 Å². The van der Waals surface area contributed by atoms with E-state index in [2.05, 4.69) is 15.4 Å². The number of para-hydroxylation sites is 1. The number of carbonyl (C=O) groups is 2. The maximum Gasteiger partial charge on any atom is 0.273 e. The lowest BCUT2D eigenvalue weighted by atomic mass is 10.1. The van der Waals surface area contributed by atoms with Gasteiger partial charge in [-0.1, -0.05) is 30.3 Å². The van der Waals surface area contributed by atoms with E-state index in [4.69, 9.17) is 4.74 Å². The number of nitrogens with one attached hydrogen (secondary N) is 1. The van der Waals surface area contributed by atoms with E-state index in [9.17, 15) is 14.0 Å². The molecule has 8 nitrogen and oxygen atoms in total. The molecule has 2 heterocycles. The monoisotopic (exact) mass is 461 g/mol. The average Bonchev–Trinajstić information content (AvgIpc) is 3.13. The second-order valence-electron chi connectivity index (χ2n) is 7.98. The van der Waals surface area contributed by atoms with Crippen molar-refractivity contribution in [2.45, 2.75) is 13.5 Å². The summed E-state index contributed by atoms with van der Waals surface area (Å²) in [6.07, 6.45) is 0. The fraction of sp³-hybridized carbons (Fsp3) is 0.200. The number of pyridine rings is 1. The van der Waals surface area contributed by atoms with Crippen molar-refractivity contribution in [3.05, 3.63) is 82.9 Å². The van der Waals surface area contributed by atoms with Gasteiger partial charge in [0.15, 0.2) is 5.69 Å². The van der Waals surface area contributed by atoms with Gasteiger partial charge in [-0.2, -0.15) is 5.10 Å². The summed E-state index contributed by atoms with van der Waals surface area (Å²) in [5.74, 6) is -0.792. The molecule has 0 aliphatic heterocycles. The minimum Gasteiger partial charge on any atom is -0.481 e. The standard InChI is InChI=1S/C25H24FN5O3/c1-15-22(28-24(32)19-13-21(34-4)27-20-8-6-5-7-18(19)20)23(25(33)30(2)3)31(29-15)14-16-9-11-17(26)12-10-16/h5-13H,14H2,1-4H3,(H,28,32). The zero-order chi connectivity index (χ0) is 24.4. The van der Waals surface area contributed by atoms with Gasteiger partial charge < -0.3 is 15.0 Å². The van der Waals surface area contributed by atoms with Crippen molar-refractivity contribution in [3.8, 4) is 5.88 Å². The second kappa shape index (κ2) is 9.30. The van der Waals surface area contributed by atoms with E-state index < -0.39 is 5.91 Å². The predicted molar refractivity (Wildman–Crippen MR) is 127 cm³/mol. The molecule has 34 heavy (non-hydrogen) atoms. The molecule has 2 amide bonds. The van der Waals surface area contributed by atoms with Gasteiger partial charge in [-0.3, -0.25) is 14.3 Å². The molecule has 0 saturated carbocycles. The largest absolute Gasteiger partial charge is 0.481 e. The molecule has 0 radical (unpaired) electrons. The molecule has 0 fully saturated rings. The number of methoxy groups -OCH3 is 1. The van der Waals surface area contributed by atoms with Crippen LogP contribution in [0.3, 0.4) is 0 Å². The third-order valence-corrected chi connectivity index (χ3v) is 5.37. The van der Waals surface area contributed by atoms with Gasteiger partial charge in [-0.15, -0.1) is 0 Å². The molecule has 0 unspecified atom stereocenters. The van der Waals surface area contributed by atoms with E-state index >= 15 is 0 Å². The molecule has 174 valence electrons. The number of halogens is 1. The number of carbonyl (C=O) groups excluding carboxylic acids is 2. The van der Waals surface area contributed by atoms with Crippen molar-refractivity contribution >= 4 is 28.4 Å². The third kappa shape index (κ3) is 4.45. The highest BCUT2D eigenvalue weighted by Gasteiger charge is 2.26. The Balaban J connectivity index is 1.77. The Labute approximate surface area is 196 Å². The van der Waals surface area contributed by atoms with Gasteiger partial charge in [-0.25, -0.2) is 9.37 Å². The lowest BCUT2D eigenvalue weighted by Gasteiger charge is -2.15. The SMILES string of the molecule is COc1cc(C(=O)Nc2c(C)nn(Cc3ccc(F)cc3)c2C(=O)N(C)C)c2ccccc2n1. The summed E-state index contributed by atoms with van der Waals surface area (Å²) in [7, 11) is 4.73. The van der Waals surface area contributed by atoms with Crippen LogP contribution in [0.1, 0.15) is 32.1 Å². The summed E-state index contributed by atoms with van der Waals surface area (Å²) in [5.41, 5.74) is 2.75. The van der Waals surface area contributed by atoms with Crippen LogP contribution in [-0.4, -0.2) is 52.7 Å². The van der Waals surface area contributed by atoms with Crippen molar-refractivity contribution in [2.24, 2.45) is 0 Å². The molecular formula is C25H24FN5O3. The van der Waals surface area contributed by atoms with Crippen LogP contribution in [0, 0.1) is 12.7 Å². The van der Waals surface area contributed by atoms with Crippen LogP contribution in [0.15, 0.2) is 54.6 Å². The number of hydrogen-bond donors (Lipinski definition) is 1. The minimum atomic E-state index is -0.422. The molecule has 1 N–H and O–H groups in total. The first-order valence-corrected chi connectivity index (χ1v) is 10.6. The van der Waals surface area contributed by atoms with Crippen LogP contribution in [0.2, 0.25) is 0 Å². The Morgan fingerprint density at radius 2 is 1.82 bits per heavy atom. The minimum absolute atomic E-state index is 0.227. The molecule has 0 aliphatic carbocycles. The fourth-order valence-electron chi connectivity index (χ4n) is 3.66. The Hall–Kier alpha value is -4.27. The van der Waals surface area contributed by atoms with Gasteiger partial charge in [-0.05, 0) is 30.7 Å². The number of ether oxygens (including phenoxy) is 1. The molecule has 9 heteroatoms. The first-order chi connectivity index (χ1) is 16.3. The van der Waals surface area contributed by atoms with Gasteiger partial charge in [0.05, 0.1) is 36.1 Å². The van der Waals surface area contributed by atoms with Crippen LogP contribution in [0.25, 0.3) is 10.9 Å². The topological polar surface area (TPSA) is 89.3 Å². The van der Waals surface area contributed by atoms with E-state index in [0.29, 0.717) is 33.7 Å². The number of anilines is 1. The van der Waals surface area contributed by atoms with Crippen LogP contribution in [0.5, 0.6) is 5.88 Å². The van der Waals surface area contributed by atoms with Gasteiger partial charge in [0.1, 0.15) is 5.82 Å². The van der Waals surface area contributed by atoms with Crippen LogP contribution in [0.4, 0.5) is 10.1 Å². The molecule has 0 saturated heterocycles. The summed E-state index contributed by atoms with van der Waals surface area (Å²) >= 11 is 0. The molecule has 2 aromatic heterocycles. The summed E-state index contributed by atoms with van der Waals surface area (Å²) < 4.78 is 20.1. The molecule has 4 aromatic rings. The second-order valence-corrected chi connectivity index (χ2v) is 7.98. The van der Waals surface area contributed by atoms with Crippen LogP contribution in [-0.2, 0) is 6.54 Å². The van der Waals surface area contributed by atoms with Crippen molar-refractivity contribution in [3.63, 3.8) is 0 Å². The molecule has 0 bridgehead atoms. The number of aryl methyl sites for hydroxylation is 1. The first-order valence-electron chi connectivity index (χ1n) is 10.6. The van der Waals surface area contributed by atoms with Crippen molar-refractivity contribution < 1.29 is 18.7 Å². The number of hydrogen-bond acceptors (Lipinski definition) is 5. The smallest absolute Gasteiger partial charge is 0.273 e. The van der Waals surface area contributed by atoms with E-state index in [1.54, 1.807) is 51.4 Å². The van der Waals surface area contributed by atoms with E-state index in [-0.39, 0.29) is 24.0 Å². The fourth-order valence-corrected chi connectivity index (χ4v) is 3.66. The predicted octanol–water partition coefficient (Wildman–Crippen LogP) is 3.89. The number of amides is 2. The highest BCUT2D eigenvalue weighted by molar-refractivity contribution is 6.14. The lowest BCUT2D eigenvalue weighted by Crippen LogP contribution is -2.27. The van der Waals surface area contributed by atoms with Gasteiger partial charge in [0, 0.05) is 25.5 Å². The lowest BCUT2D eigenvalue weighted by molar-refractivity contribution is 0.0817. The normalized spacial score (nSPS) is 10.9. The maximum atomic E-state index is 13.4.